The Labute approximate surface area is 136 Å². The van der Waals surface area contributed by atoms with Crippen LogP contribution in [0.3, 0.4) is 0 Å². The van der Waals surface area contributed by atoms with Gasteiger partial charge in [-0.1, -0.05) is 13.8 Å². The molecule has 1 saturated heterocycles. The van der Waals surface area contributed by atoms with Crippen molar-refractivity contribution in [3.05, 3.63) is 18.0 Å². The van der Waals surface area contributed by atoms with E-state index in [2.05, 4.69) is 15.3 Å². The predicted octanol–water partition coefficient (Wildman–Crippen LogP) is 1.45. The minimum atomic E-state index is -4.62. The highest BCUT2D eigenvalue weighted by molar-refractivity contribution is 5.78. The van der Waals surface area contributed by atoms with Gasteiger partial charge in [-0.15, -0.1) is 15.3 Å². The lowest BCUT2D eigenvalue weighted by Gasteiger charge is -2.36. The number of fused-ring (bicyclic) bond motifs is 1. The molecular formula is C14H17F3N6O. The number of carbonyl (C=O) groups is 1. The topological polar surface area (TPSA) is 66.6 Å². The molecule has 0 spiro atoms. The Morgan fingerprint density at radius 1 is 1.12 bits per heavy atom. The zero-order valence-corrected chi connectivity index (χ0v) is 13.3. The van der Waals surface area contributed by atoms with Crippen LogP contribution in [-0.4, -0.2) is 56.8 Å². The van der Waals surface area contributed by atoms with E-state index in [-0.39, 0.29) is 17.5 Å². The molecule has 0 unspecified atom stereocenters. The van der Waals surface area contributed by atoms with E-state index in [0.717, 1.165) is 0 Å². The summed E-state index contributed by atoms with van der Waals surface area (Å²) in [6.07, 6.45) is -4.62. The van der Waals surface area contributed by atoms with E-state index in [0.29, 0.717) is 36.5 Å². The first-order chi connectivity index (χ1) is 11.3. The maximum atomic E-state index is 12.9. The number of rotatable bonds is 2. The van der Waals surface area contributed by atoms with Crippen molar-refractivity contribution in [3.63, 3.8) is 0 Å². The third kappa shape index (κ3) is 3.00. The van der Waals surface area contributed by atoms with Gasteiger partial charge < -0.3 is 9.80 Å². The smallest absolute Gasteiger partial charge is 0.352 e. The van der Waals surface area contributed by atoms with Crippen LogP contribution in [0, 0.1) is 5.92 Å². The van der Waals surface area contributed by atoms with E-state index in [1.165, 1.54) is 6.07 Å². The van der Waals surface area contributed by atoms with Crippen LogP contribution in [0.4, 0.5) is 19.0 Å². The number of nitrogens with zero attached hydrogens (tertiary/aromatic N) is 6. The summed E-state index contributed by atoms with van der Waals surface area (Å²) in [4.78, 5) is 15.6. The number of hydrogen-bond donors (Lipinski definition) is 0. The highest BCUT2D eigenvalue weighted by atomic mass is 19.4. The summed E-state index contributed by atoms with van der Waals surface area (Å²) in [5.41, 5.74) is 0.0414. The second-order valence-electron chi connectivity index (χ2n) is 5.95. The van der Waals surface area contributed by atoms with E-state index in [4.69, 9.17) is 0 Å². The molecule has 0 atom stereocenters. The van der Waals surface area contributed by atoms with Crippen LogP contribution in [0.25, 0.3) is 5.65 Å². The third-order valence-corrected chi connectivity index (χ3v) is 3.91. The van der Waals surface area contributed by atoms with Crippen LogP contribution in [0.5, 0.6) is 0 Å². The molecule has 0 saturated carbocycles. The first-order valence-electron chi connectivity index (χ1n) is 7.61. The molecule has 3 rings (SSSR count). The lowest BCUT2D eigenvalue weighted by atomic mass is 10.1. The molecular weight excluding hydrogens is 325 g/mol. The summed E-state index contributed by atoms with van der Waals surface area (Å²) in [5, 5.41) is 10.7. The van der Waals surface area contributed by atoms with Crippen LogP contribution in [0.15, 0.2) is 12.1 Å². The van der Waals surface area contributed by atoms with Crippen molar-refractivity contribution in [2.24, 2.45) is 5.92 Å². The molecule has 0 aromatic carbocycles. The van der Waals surface area contributed by atoms with E-state index in [9.17, 15) is 18.0 Å². The molecule has 130 valence electrons. The van der Waals surface area contributed by atoms with Gasteiger partial charge in [0.2, 0.25) is 5.91 Å². The number of piperazine rings is 1. The Hall–Kier alpha value is -2.39. The van der Waals surface area contributed by atoms with Crippen LogP contribution in [0.2, 0.25) is 0 Å². The SMILES string of the molecule is CC(C)C(=O)N1CCN(c2ccc3nnc(C(F)(F)F)n3n2)CC1. The van der Waals surface area contributed by atoms with Gasteiger partial charge >= 0.3 is 6.18 Å². The van der Waals surface area contributed by atoms with E-state index >= 15 is 0 Å². The summed E-state index contributed by atoms with van der Waals surface area (Å²) in [7, 11) is 0. The standard InChI is InChI=1S/C14H17F3N6O/c1-9(2)12(24)22-7-5-21(6-8-22)11-4-3-10-18-19-13(14(15,16)17)23(10)20-11/h3-4,9H,5-8H2,1-2H3. The minimum Gasteiger partial charge on any atom is -0.352 e. The monoisotopic (exact) mass is 342 g/mol. The largest absolute Gasteiger partial charge is 0.453 e. The summed E-state index contributed by atoms with van der Waals surface area (Å²) >= 11 is 0. The maximum Gasteiger partial charge on any atom is 0.453 e. The fourth-order valence-corrected chi connectivity index (χ4v) is 2.65. The molecule has 24 heavy (non-hydrogen) atoms. The van der Waals surface area contributed by atoms with Crippen molar-refractivity contribution in [3.8, 4) is 0 Å². The van der Waals surface area contributed by atoms with Gasteiger partial charge in [-0.05, 0) is 12.1 Å². The molecule has 0 N–H and O–H groups in total. The Morgan fingerprint density at radius 2 is 1.79 bits per heavy atom. The molecule has 1 aliphatic rings. The first kappa shape index (κ1) is 16.5. The molecule has 1 aliphatic heterocycles. The van der Waals surface area contributed by atoms with Crippen LogP contribution in [0.1, 0.15) is 19.7 Å². The number of aromatic nitrogens is 4. The van der Waals surface area contributed by atoms with Gasteiger partial charge in [-0.3, -0.25) is 4.79 Å². The van der Waals surface area contributed by atoms with Gasteiger partial charge in [0.15, 0.2) is 5.65 Å². The van der Waals surface area contributed by atoms with Crippen molar-refractivity contribution in [2.75, 3.05) is 31.1 Å². The second kappa shape index (κ2) is 5.91. The van der Waals surface area contributed by atoms with Crippen LogP contribution in [-0.2, 0) is 11.0 Å². The Bertz CT molecular complexity index is 749. The normalized spacial score (nSPS) is 16.2. The molecule has 7 nitrogen and oxygen atoms in total. The lowest BCUT2D eigenvalue weighted by molar-refractivity contribution is -0.146. The number of hydrogen-bond acceptors (Lipinski definition) is 5. The molecule has 2 aromatic rings. The molecule has 1 amide bonds. The van der Waals surface area contributed by atoms with Gasteiger partial charge in [0.05, 0.1) is 0 Å². The average molecular weight is 342 g/mol. The zero-order chi connectivity index (χ0) is 17.5. The molecule has 10 heteroatoms. The molecule has 0 aliphatic carbocycles. The second-order valence-corrected chi connectivity index (χ2v) is 5.95. The van der Waals surface area contributed by atoms with Crippen LogP contribution >= 0.6 is 0 Å². The number of carbonyl (C=O) groups excluding carboxylic acids is 1. The van der Waals surface area contributed by atoms with Crippen molar-refractivity contribution in [1.29, 1.82) is 0 Å². The number of alkyl halides is 3. The van der Waals surface area contributed by atoms with E-state index < -0.39 is 12.0 Å². The van der Waals surface area contributed by atoms with Gasteiger partial charge in [-0.25, -0.2) is 0 Å². The number of halogens is 3. The maximum absolute atomic E-state index is 12.9. The molecule has 1 fully saturated rings. The zero-order valence-electron chi connectivity index (χ0n) is 13.3. The summed E-state index contributed by atoms with van der Waals surface area (Å²) < 4.78 is 39.5. The minimum absolute atomic E-state index is 0.0414. The number of amides is 1. The molecule has 3 heterocycles. The summed E-state index contributed by atoms with van der Waals surface area (Å²) in [5.74, 6) is -0.731. The lowest BCUT2D eigenvalue weighted by Crippen LogP contribution is -2.50. The molecule has 0 radical (unpaired) electrons. The summed E-state index contributed by atoms with van der Waals surface area (Å²) in [6, 6.07) is 3.07. The average Bonchev–Trinajstić information content (AvgIpc) is 2.97. The van der Waals surface area contributed by atoms with E-state index in [1.54, 1.807) is 11.0 Å². The van der Waals surface area contributed by atoms with Crippen molar-refractivity contribution >= 4 is 17.4 Å². The quantitative estimate of drug-likeness (QED) is 0.826. The van der Waals surface area contributed by atoms with Crippen LogP contribution < -0.4 is 4.90 Å². The highest BCUT2D eigenvalue weighted by Crippen LogP contribution is 2.28. The van der Waals surface area contributed by atoms with Crippen molar-refractivity contribution < 1.29 is 18.0 Å². The van der Waals surface area contributed by atoms with Crippen molar-refractivity contribution in [2.45, 2.75) is 20.0 Å². The fourth-order valence-electron chi connectivity index (χ4n) is 2.65. The predicted molar refractivity (Wildman–Crippen MR) is 79.4 cm³/mol. The third-order valence-electron chi connectivity index (χ3n) is 3.91. The Balaban J connectivity index is 1.80. The fraction of sp³-hybridized carbons (Fsp3) is 0.571. The van der Waals surface area contributed by atoms with Gasteiger partial charge in [0.25, 0.3) is 5.82 Å². The number of anilines is 1. The first-order valence-corrected chi connectivity index (χ1v) is 7.61. The van der Waals surface area contributed by atoms with Gasteiger partial charge in [0, 0.05) is 32.1 Å². The Kier molecular flexibility index (Phi) is 4.06. The Morgan fingerprint density at radius 3 is 2.38 bits per heavy atom. The van der Waals surface area contributed by atoms with Gasteiger partial charge in [0.1, 0.15) is 5.82 Å². The van der Waals surface area contributed by atoms with Gasteiger partial charge in [-0.2, -0.15) is 17.7 Å². The highest BCUT2D eigenvalue weighted by Gasteiger charge is 2.38. The summed E-state index contributed by atoms with van der Waals surface area (Å²) in [6.45, 7) is 5.75. The van der Waals surface area contributed by atoms with Crippen molar-refractivity contribution in [1.82, 2.24) is 24.7 Å². The molecule has 2 aromatic heterocycles. The molecule has 0 bridgehead atoms. The van der Waals surface area contributed by atoms with E-state index in [1.807, 2.05) is 18.7 Å².